The highest BCUT2D eigenvalue weighted by atomic mass is 32.2. The molecule has 0 unspecified atom stereocenters. The molecule has 0 saturated carbocycles. The van der Waals surface area contributed by atoms with E-state index in [4.69, 9.17) is 4.52 Å². The van der Waals surface area contributed by atoms with Gasteiger partial charge in [0.05, 0.1) is 19.5 Å². The van der Waals surface area contributed by atoms with Gasteiger partial charge in [-0.3, -0.25) is 9.79 Å². The quantitative estimate of drug-likeness (QED) is 0.823. The van der Waals surface area contributed by atoms with Crippen molar-refractivity contribution in [2.75, 3.05) is 20.1 Å². The third kappa shape index (κ3) is 3.01. The van der Waals surface area contributed by atoms with E-state index in [9.17, 15) is 4.79 Å². The highest BCUT2D eigenvalue weighted by molar-refractivity contribution is 8.16. The molecule has 118 valence electrons. The smallest absolute Gasteiger partial charge is 0.229 e. The Kier molecular flexibility index (Phi) is 4.19. The predicted molar refractivity (Wildman–Crippen MR) is 84.2 cm³/mol. The van der Waals surface area contributed by atoms with Crippen LogP contribution in [-0.2, 0) is 11.3 Å². The number of aromatic nitrogens is 2. The van der Waals surface area contributed by atoms with E-state index in [1.165, 1.54) is 0 Å². The molecule has 1 aromatic heterocycles. The molecule has 0 atom stereocenters. The molecule has 0 aromatic carbocycles. The number of thioether (sulfide) groups is 1. The number of carbonyl (C=O) groups excluding carboxylic acids is 1. The number of hydrogen-bond donors (Lipinski definition) is 0. The van der Waals surface area contributed by atoms with Crippen LogP contribution in [0, 0.1) is 0 Å². The van der Waals surface area contributed by atoms with E-state index in [0.717, 1.165) is 24.0 Å². The van der Waals surface area contributed by atoms with Crippen molar-refractivity contribution < 1.29 is 9.32 Å². The lowest BCUT2D eigenvalue weighted by atomic mass is 10.2. The summed E-state index contributed by atoms with van der Waals surface area (Å²) in [7, 11) is 1.76. The van der Waals surface area contributed by atoms with E-state index in [1.54, 1.807) is 23.7 Å². The lowest BCUT2D eigenvalue weighted by molar-refractivity contribution is -0.130. The highest BCUT2D eigenvalue weighted by Crippen LogP contribution is 2.31. The third-order valence-electron chi connectivity index (χ3n) is 3.56. The molecule has 3 heterocycles. The zero-order chi connectivity index (χ0) is 15.7. The SMILES string of the molecule is CC(C)c1nc(CN(C)C(=O)CC2=CSC3=NCCN23)no1. The largest absolute Gasteiger partial charge is 0.339 e. The summed E-state index contributed by atoms with van der Waals surface area (Å²) in [6.07, 6.45) is 0.372. The lowest BCUT2D eigenvalue weighted by Crippen LogP contribution is -2.30. The summed E-state index contributed by atoms with van der Waals surface area (Å²) >= 11 is 1.59. The van der Waals surface area contributed by atoms with Crippen molar-refractivity contribution in [3.05, 3.63) is 22.8 Å². The second-order valence-electron chi connectivity index (χ2n) is 5.67. The highest BCUT2D eigenvalue weighted by Gasteiger charge is 2.28. The molecule has 1 amide bonds. The fourth-order valence-corrected chi connectivity index (χ4v) is 3.23. The molecule has 0 spiro atoms. The van der Waals surface area contributed by atoms with Gasteiger partial charge >= 0.3 is 0 Å². The van der Waals surface area contributed by atoms with Gasteiger partial charge in [-0.05, 0) is 5.41 Å². The number of rotatable bonds is 5. The Labute approximate surface area is 133 Å². The fourth-order valence-electron chi connectivity index (χ4n) is 2.27. The van der Waals surface area contributed by atoms with Crippen LogP contribution in [0.15, 0.2) is 20.6 Å². The van der Waals surface area contributed by atoms with Crippen LogP contribution in [0.4, 0.5) is 0 Å². The first-order valence-corrected chi connectivity index (χ1v) is 8.16. The van der Waals surface area contributed by atoms with Gasteiger partial charge in [0, 0.05) is 25.2 Å². The van der Waals surface area contributed by atoms with Crippen LogP contribution in [0.25, 0.3) is 0 Å². The first-order valence-electron chi connectivity index (χ1n) is 7.28. The summed E-state index contributed by atoms with van der Waals surface area (Å²) in [5, 5.41) is 6.93. The molecule has 8 heteroatoms. The Morgan fingerprint density at radius 2 is 2.36 bits per heavy atom. The molecule has 0 radical (unpaired) electrons. The lowest BCUT2D eigenvalue weighted by Gasteiger charge is -2.19. The molecular weight excluding hydrogens is 302 g/mol. The van der Waals surface area contributed by atoms with Crippen LogP contribution < -0.4 is 0 Å². The second kappa shape index (κ2) is 6.12. The molecule has 2 aliphatic rings. The number of aliphatic imine (C=N–C) groups is 1. The Balaban J connectivity index is 1.56. The molecule has 0 bridgehead atoms. The van der Waals surface area contributed by atoms with Gasteiger partial charge < -0.3 is 14.3 Å². The molecule has 2 aliphatic heterocycles. The summed E-state index contributed by atoms with van der Waals surface area (Å²) in [6, 6.07) is 0. The number of amidine groups is 1. The van der Waals surface area contributed by atoms with Gasteiger partial charge in [-0.15, -0.1) is 0 Å². The first kappa shape index (κ1) is 15.1. The van der Waals surface area contributed by atoms with E-state index in [0.29, 0.717) is 24.7 Å². The summed E-state index contributed by atoms with van der Waals surface area (Å²) in [4.78, 5) is 24.8. The van der Waals surface area contributed by atoms with Crippen LogP contribution in [-0.4, -0.2) is 51.2 Å². The molecular formula is C14H19N5O2S. The first-order chi connectivity index (χ1) is 10.5. The van der Waals surface area contributed by atoms with Gasteiger partial charge in [0.1, 0.15) is 0 Å². The van der Waals surface area contributed by atoms with Gasteiger partial charge in [0.25, 0.3) is 0 Å². The molecule has 1 aromatic rings. The summed E-state index contributed by atoms with van der Waals surface area (Å²) in [6.45, 7) is 6.02. The van der Waals surface area contributed by atoms with Gasteiger partial charge in [-0.25, -0.2) is 0 Å². The molecule has 0 saturated heterocycles. The maximum Gasteiger partial charge on any atom is 0.229 e. The standard InChI is InChI=1S/C14H19N5O2S/c1-9(2)13-16-11(17-21-13)7-18(3)12(20)6-10-8-22-14-15-4-5-19(10)14/h8-9H,4-7H2,1-3H3. The van der Waals surface area contributed by atoms with Crippen molar-refractivity contribution in [2.45, 2.75) is 32.7 Å². The zero-order valence-electron chi connectivity index (χ0n) is 12.9. The van der Waals surface area contributed by atoms with E-state index in [-0.39, 0.29) is 11.8 Å². The van der Waals surface area contributed by atoms with Crippen molar-refractivity contribution in [3.63, 3.8) is 0 Å². The van der Waals surface area contributed by atoms with Gasteiger partial charge in [0.2, 0.25) is 11.8 Å². The normalized spacial score (nSPS) is 16.8. The number of hydrogen-bond acceptors (Lipinski definition) is 7. The van der Waals surface area contributed by atoms with Crippen LogP contribution in [0.5, 0.6) is 0 Å². The summed E-state index contributed by atoms with van der Waals surface area (Å²) in [5.74, 6) is 1.37. The van der Waals surface area contributed by atoms with Crippen LogP contribution in [0.1, 0.15) is 37.9 Å². The minimum atomic E-state index is 0.0379. The molecule has 0 aliphatic carbocycles. The maximum absolute atomic E-state index is 12.4. The third-order valence-corrected chi connectivity index (χ3v) is 4.51. The van der Waals surface area contributed by atoms with E-state index < -0.39 is 0 Å². The van der Waals surface area contributed by atoms with Crippen molar-refractivity contribution in [1.29, 1.82) is 0 Å². The van der Waals surface area contributed by atoms with E-state index in [1.807, 2.05) is 19.3 Å². The van der Waals surface area contributed by atoms with Gasteiger partial charge in [0.15, 0.2) is 11.0 Å². The summed E-state index contributed by atoms with van der Waals surface area (Å²) < 4.78 is 5.16. The maximum atomic E-state index is 12.4. The summed E-state index contributed by atoms with van der Waals surface area (Å²) in [5.41, 5.74) is 1.02. The molecule has 0 N–H and O–H groups in total. The van der Waals surface area contributed by atoms with E-state index >= 15 is 0 Å². The minimum Gasteiger partial charge on any atom is -0.339 e. The Hall–Kier alpha value is -1.83. The predicted octanol–water partition coefficient (Wildman–Crippen LogP) is 1.80. The fraction of sp³-hybridized carbons (Fsp3) is 0.571. The number of carbonyl (C=O) groups is 1. The van der Waals surface area contributed by atoms with Crippen LogP contribution in [0.2, 0.25) is 0 Å². The van der Waals surface area contributed by atoms with Crippen molar-refractivity contribution in [2.24, 2.45) is 4.99 Å². The van der Waals surface area contributed by atoms with Crippen LogP contribution >= 0.6 is 11.8 Å². The minimum absolute atomic E-state index is 0.0379. The van der Waals surface area contributed by atoms with Crippen molar-refractivity contribution in [1.82, 2.24) is 19.9 Å². The molecule has 0 fully saturated rings. The topological polar surface area (TPSA) is 74.8 Å². The second-order valence-corrected chi connectivity index (χ2v) is 6.51. The van der Waals surface area contributed by atoms with E-state index in [2.05, 4.69) is 20.0 Å². The van der Waals surface area contributed by atoms with Crippen LogP contribution in [0.3, 0.4) is 0 Å². The molecule has 7 nitrogen and oxygen atoms in total. The zero-order valence-corrected chi connectivity index (χ0v) is 13.8. The number of nitrogens with zero attached hydrogens (tertiary/aromatic N) is 5. The van der Waals surface area contributed by atoms with Gasteiger partial charge in [-0.2, -0.15) is 4.98 Å². The number of fused-ring (bicyclic) bond motifs is 1. The Bertz CT molecular complexity index is 637. The van der Waals surface area contributed by atoms with Crippen molar-refractivity contribution in [3.8, 4) is 0 Å². The molecule has 3 rings (SSSR count). The van der Waals surface area contributed by atoms with Crippen molar-refractivity contribution >= 4 is 22.8 Å². The Morgan fingerprint density at radius 1 is 1.55 bits per heavy atom. The molecule has 22 heavy (non-hydrogen) atoms. The Morgan fingerprint density at radius 3 is 3.09 bits per heavy atom. The number of amides is 1. The average molecular weight is 321 g/mol. The van der Waals surface area contributed by atoms with Gasteiger partial charge in [-0.1, -0.05) is 30.8 Å². The average Bonchev–Trinajstić information content (AvgIpc) is 3.16. The monoisotopic (exact) mass is 321 g/mol.